The van der Waals surface area contributed by atoms with Crippen LogP contribution in [0.5, 0.6) is 0 Å². The molecule has 7 nitrogen and oxygen atoms in total. The van der Waals surface area contributed by atoms with Gasteiger partial charge in [-0.2, -0.15) is 0 Å². The summed E-state index contributed by atoms with van der Waals surface area (Å²) < 4.78 is 5.93. The molecule has 0 spiro atoms. The number of H-pyrrole nitrogens is 1. The van der Waals surface area contributed by atoms with Crippen molar-refractivity contribution in [1.82, 2.24) is 10.3 Å². The number of anilines is 1. The maximum atomic E-state index is 14.0. The van der Waals surface area contributed by atoms with E-state index in [0.29, 0.717) is 31.2 Å². The molecule has 1 unspecified atom stereocenters. The number of ether oxygens (including phenoxy) is 1. The number of rotatable bonds is 8. The second kappa shape index (κ2) is 11.4. The molecule has 6 rings (SSSR count). The van der Waals surface area contributed by atoms with E-state index in [9.17, 15) is 9.59 Å². The quantitative estimate of drug-likeness (QED) is 0.267. The molecule has 0 fully saturated rings. The summed E-state index contributed by atoms with van der Waals surface area (Å²) in [6.45, 7) is 1.06. The molecule has 198 valence electrons. The Morgan fingerprint density at radius 1 is 0.875 bits per heavy atom. The zero-order chi connectivity index (χ0) is 27.3. The minimum Gasteiger partial charge on any atom is -0.375 e. The van der Waals surface area contributed by atoms with Gasteiger partial charge >= 0.3 is 0 Å². The van der Waals surface area contributed by atoms with Crippen LogP contribution in [0.1, 0.15) is 27.2 Å². The monoisotopic (exact) mass is 528 g/mol. The molecule has 0 aliphatic carbocycles. The largest absolute Gasteiger partial charge is 0.375 e. The van der Waals surface area contributed by atoms with E-state index in [4.69, 9.17) is 9.73 Å². The van der Waals surface area contributed by atoms with Crippen LogP contribution in [0.2, 0.25) is 0 Å². The molecule has 0 saturated carbocycles. The van der Waals surface area contributed by atoms with Gasteiger partial charge in [-0.3, -0.25) is 9.59 Å². The van der Waals surface area contributed by atoms with E-state index >= 15 is 0 Å². The van der Waals surface area contributed by atoms with Gasteiger partial charge in [0.1, 0.15) is 5.69 Å². The van der Waals surface area contributed by atoms with E-state index in [1.807, 2.05) is 109 Å². The lowest BCUT2D eigenvalue weighted by molar-refractivity contribution is -0.120. The first-order valence-corrected chi connectivity index (χ1v) is 13.2. The lowest BCUT2D eigenvalue weighted by atomic mass is 10.0. The number of amides is 2. The molecule has 1 aliphatic rings. The van der Waals surface area contributed by atoms with E-state index < -0.39 is 12.1 Å². The smallest absolute Gasteiger partial charge is 0.272 e. The first kappa shape index (κ1) is 25.3. The lowest BCUT2D eigenvalue weighted by Gasteiger charge is -2.25. The van der Waals surface area contributed by atoms with E-state index in [-0.39, 0.29) is 5.91 Å². The summed E-state index contributed by atoms with van der Waals surface area (Å²) in [6.07, 6.45) is -1.13. The number of hydrogen-bond donors (Lipinski definition) is 2. The highest BCUT2D eigenvalue weighted by Gasteiger charge is 2.33. The number of carbonyl (C=O) groups is 2. The number of nitrogens with one attached hydrogen (secondary N) is 2. The highest BCUT2D eigenvalue weighted by Crippen LogP contribution is 2.28. The van der Waals surface area contributed by atoms with Crippen molar-refractivity contribution in [3.63, 3.8) is 0 Å². The summed E-state index contributed by atoms with van der Waals surface area (Å²) in [7, 11) is 0. The number of aliphatic imine (C=N–C) groups is 1. The van der Waals surface area contributed by atoms with Gasteiger partial charge in [0, 0.05) is 28.6 Å². The standard InChI is InChI=1S/C33H28N4O3/c38-32(28-21-25-15-7-9-17-27(25)34-28)36-31-33(39)37(19-20-40-22-23-11-3-1-4-12-23)29-18-10-8-16-26(29)30(35-31)24-13-5-2-6-14-24/h1-18,21,31,34H,19-20,22H2,(H,36,38). The molecular formula is C33H28N4O3. The van der Waals surface area contributed by atoms with Crippen LogP contribution in [0.25, 0.3) is 10.9 Å². The van der Waals surface area contributed by atoms with Crippen molar-refractivity contribution in [3.05, 3.63) is 138 Å². The van der Waals surface area contributed by atoms with E-state index in [2.05, 4.69) is 10.3 Å². The predicted molar refractivity (Wildman–Crippen MR) is 157 cm³/mol. The average molecular weight is 529 g/mol. The number of para-hydroxylation sites is 2. The summed E-state index contributed by atoms with van der Waals surface area (Å²) in [4.78, 5) is 37.1. The Hall–Kier alpha value is -5.01. The molecule has 1 aliphatic heterocycles. The van der Waals surface area contributed by atoms with Crippen molar-refractivity contribution in [1.29, 1.82) is 0 Å². The number of aromatic amines is 1. The van der Waals surface area contributed by atoms with Crippen LogP contribution in [-0.2, 0) is 16.1 Å². The minimum absolute atomic E-state index is 0.305. The van der Waals surface area contributed by atoms with Gasteiger partial charge in [-0.1, -0.05) is 97.1 Å². The number of nitrogens with zero attached hydrogens (tertiary/aromatic N) is 2. The van der Waals surface area contributed by atoms with Crippen molar-refractivity contribution in [2.45, 2.75) is 12.8 Å². The third-order valence-electron chi connectivity index (χ3n) is 6.87. The first-order chi connectivity index (χ1) is 19.7. The van der Waals surface area contributed by atoms with Crippen LogP contribution in [0.15, 0.2) is 120 Å². The first-order valence-electron chi connectivity index (χ1n) is 13.2. The molecule has 2 N–H and O–H groups in total. The van der Waals surface area contributed by atoms with Crippen molar-refractivity contribution in [3.8, 4) is 0 Å². The molecule has 2 amide bonds. The molecule has 7 heteroatoms. The van der Waals surface area contributed by atoms with Crippen LogP contribution >= 0.6 is 0 Å². The molecule has 4 aromatic carbocycles. The van der Waals surface area contributed by atoms with Crippen molar-refractivity contribution >= 4 is 34.1 Å². The van der Waals surface area contributed by atoms with Crippen LogP contribution in [-0.4, -0.2) is 41.8 Å². The second-order valence-electron chi connectivity index (χ2n) is 9.54. The fraction of sp³-hybridized carbons (Fsp3) is 0.121. The van der Waals surface area contributed by atoms with Gasteiger partial charge in [-0.15, -0.1) is 0 Å². The van der Waals surface area contributed by atoms with Crippen molar-refractivity contribution in [2.24, 2.45) is 4.99 Å². The zero-order valence-corrected chi connectivity index (χ0v) is 21.8. The molecule has 1 atom stereocenters. The fourth-order valence-electron chi connectivity index (χ4n) is 4.90. The van der Waals surface area contributed by atoms with Gasteiger partial charge in [0.05, 0.1) is 24.6 Å². The van der Waals surface area contributed by atoms with Gasteiger partial charge in [0.15, 0.2) is 0 Å². The van der Waals surface area contributed by atoms with Gasteiger partial charge in [0.25, 0.3) is 11.8 Å². The van der Waals surface area contributed by atoms with Crippen LogP contribution in [0.4, 0.5) is 5.69 Å². The fourth-order valence-corrected chi connectivity index (χ4v) is 4.90. The Morgan fingerprint density at radius 2 is 1.57 bits per heavy atom. The molecule has 0 bridgehead atoms. The highest BCUT2D eigenvalue weighted by atomic mass is 16.5. The average Bonchev–Trinajstić information content (AvgIpc) is 3.40. The number of hydrogen-bond acceptors (Lipinski definition) is 4. The normalized spacial score (nSPS) is 14.9. The van der Waals surface area contributed by atoms with E-state index in [1.54, 1.807) is 11.0 Å². The van der Waals surface area contributed by atoms with Crippen LogP contribution in [0, 0.1) is 0 Å². The molecule has 1 aromatic heterocycles. The molecule has 0 radical (unpaired) electrons. The van der Waals surface area contributed by atoms with Crippen LogP contribution < -0.4 is 10.2 Å². The number of benzodiazepines with no additional fused rings is 1. The Morgan fingerprint density at radius 3 is 2.38 bits per heavy atom. The van der Waals surface area contributed by atoms with Gasteiger partial charge in [-0.05, 0) is 23.8 Å². The van der Waals surface area contributed by atoms with Crippen molar-refractivity contribution in [2.75, 3.05) is 18.1 Å². The molecule has 5 aromatic rings. The third-order valence-corrected chi connectivity index (χ3v) is 6.87. The Kier molecular flexibility index (Phi) is 7.20. The molecule has 2 heterocycles. The summed E-state index contributed by atoms with van der Waals surface area (Å²) in [5, 5.41) is 3.79. The second-order valence-corrected chi connectivity index (χ2v) is 9.54. The third kappa shape index (κ3) is 5.28. The van der Waals surface area contributed by atoms with E-state index in [0.717, 1.165) is 33.3 Å². The van der Waals surface area contributed by atoms with Crippen molar-refractivity contribution < 1.29 is 14.3 Å². The maximum absolute atomic E-state index is 14.0. The summed E-state index contributed by atoms with van der Waals surface area (Å²) >= 11 is 0. The molecular weight excluding hydrogens is 500 g/mol. The number of aromatic nitrogens is 1. The summed E-state index contributed by atoms with van der Waals surface area (Å²) in [6, 6.07) is 36.7. The molecule has 0 saturated heterocycles. The SMILES string of the molecule is O=C(NC1N=C(c2ccccc2)c2ccccc2N(CCOCc2ccccc2)C1=O)c1cc2ccccc2[nH]1. The maximum Gasteiger partial charge on any atom is 0.272 e. The lowest BCUT2D eigenvalue weighted by Crippen LogP contribution is -2.48. The number of carbonyl (C=O) groups excluding carboxylic acids is 2. The summed E-state index contributed by atoms with van der Waals surface area (Å²) in [5.74, 6) is -0.733. The molecule has 40 heavy (non-hydrogen) atoms. The topological polar surface area (TPSA) is 86.8 Å². The number of fused-ring (bicyclic) bond motifs is 2. The Labute approximate surface area is 232 Å². The van der Waals surface area contributed by atoms with Gasteiger partial charge in [-0.25, -0.2) is 4.99 Å². The summed E-state index contributed by atoms with van der Waals surface area (Å²) in [5.41, 5.74) is 5.30. The zero-order valence-electron chi connectivity index (χ0n) is 21.8. The Balaban J connectivity index is 1.32. The Bertz CT molecular complexity index is 1650. The predicted octanol–water partition coefficient (Wildman–Crippen LogP) is 5.32. The highest BCUT2D eigenvalue weighted by molar-refractivity contribution is 6.20. The van der Waals surface area contributed by atoms with Gasteiger partial charge in [0.2, 0.25) is 6.17 Å². The number of benzene rings is 4. The minimum atomic E-state index is -1.13. The van der Waals surface area contributed by atoms with Crippen LogP contribution in [0.3, 0.4) is 0 Å². The van der Waals surface area contributed by atoms with Gasteiger partial charge < -0.3 is 19.9 Å². The van der Waals surface area contributed by atoms with E-state index in [1.165, 1.54) is 0 Å².